The number of fused-ring (bicyclic) bond motifs is 1. The monoisotopic (exact) mass is 336 g/mol. The van der Waals surface area contributed by atoms with Gasteiger partial charge < -0.3 is 9.73 Å². The Kier molecular flexibility index (Phi) is 5.17. The summed E-state index contributed by atoms with van der Waals surface area (Å²) in [6.45, 7) is 6.21. The Hall–Kier alpha value is -2.62. The van der Waals surface area contributed by atoms with Crippen LogP contribution in [-0.2, 0) is 4.79 Å². The molecule has 1 heterocycles. The van der Waals surface area contributed by atoms with Gasteiger partial charge in [0.1, 0.15) is 5.52 Å². The van der Waals surface area contributed by atoms with E-state index in [1.165, 1.54) is 0 Å². The molecule has 130 valence electrons. The molecule has 1 amide bonds. The molecule has 0 saturated carbocycles. The van der Waals surface area contributed by atoms with Gasteiger partial charge in [-0.2, -0.15) is 0 Å². The summed E-state index contributed by atoms with van der Waals surface area (Å²) >= 11 is 0. The molecule has 0 fully saturated rings. The van der Waals surface area contributed by atoms with Crippen LogP contribution in [0.3, 0.4) is 0 Å². The van der Waals surface area contributed by atoms with Crippen LogP contribution in [-0.4, -0.2) is 10.9 Å². The predicted octanol–water partition coefficient (Wildman–Crippen LogP) is 5.63. The predicted molar refractivity (Wildman–Crippen MR) is 102 cm³/mol. The van der Waals surface area contributed by atoms with Crippen LogP contribution in [0.2, 0.25) is 0 Å². The van der Waals surface area contributed by atoms with Gasteiger partial charge in [-0.25, -0.2) is 4.98 Å². The van der Waals surface area contributed by atoms with Crippen molar-refractivity contribution < 1.29 is 9.21 Å². The average molecular weight is 336 g/mol. The van der Waals surface area contributed by atoms with Gasteiger partial charge in [0.05, 0.1) is 0 Å². The first-order chi connectivity index (χ1) is 12.1. The Morgan fingerprint density at radius 2 is 2.00 bits per heavy atom. The molecule has 0 unspecified atom stereocenters. The van der Waals surface area contributed by atoms with Gasteiger partial charge in [0.2, 0.25) is 11.8 Å². The highest BCUT2D eigenvalue weighted by Crippen LogP contribution is 2.28. The molecule has 25 heavy (non-hydrogen) atoms. The minimum atomic E-state index is 0.0506. The third-order valence-electron chi connectivity index (χ3n) is 4.22. The zero-order valence-corrected chi connectivity index (χ0v) is 15.1. The topological polar surface area (TPSA) is 55.1 Å². The van der Waals surface area contributed by atoms with Gasteiger partial charge in [-0.05, 0) is 55.7 Å². The van der Waals surface area contributed by atoms with Crippen molar-refractivity contribution in [1.29, 1.82) is 0 Å². The highest BCUT2D eigenvalue weighted by molar-refractivity contribution is 5.91. The summed E-state index contributed by atoms with van der Waals surface area (Å²) in [4.78, 5) is 16.6. The molecule has 1 N–H and O–H groups in total. The molecule has 4 nitrogen and oxygen atoms in total. The lowest BCUT2D eigenvalue weighted by Crippen LogP contribution is -2.10. The first kappa shape index (κ1) is 17.2. The first-order valence-corrected chi connectivity index (χ1v) is 8.85. The van der Waals surface area contributed by atoms with Crippen LogP contribution in [0.4, 0.5) is 5.69 Å². The fraction of sp³-hybridized carbons (Fsp3) is 0.333. The second-order valence-corrected chi connectivity index (χ2v) is 6.54. The number of hydrogen-bond acceptors (Lipinski definition) is 3. The van der Waals surface area contributed by atoms with E-state index < -0.39 is 0 Å². The molecule has 3 rings (SSSR count). The Labute approximate surface area is 148 Å². The number of aryl methyl sites for hydroxylation is 2. The maximum absolute atomic E-state index is 12.0. The van der Waals surface area contributed by atoms with Crippen molar-refractivity contribution in [3.63, 3.8) is 0 Å². The Balaban J connectivity index is 1.82. The Bertz CT molecular complexity index is 896. The van der Waals surface area contributed by atoms with Gasteiger partial charge in [-0.15, -0.1) is 0 Å². The zero-order chi connectivity index (χ0) is 17.8. The smallest absolute Gasteiger partial charge is 0.227 e. The fourth-order valence-electron chi connectivity index (χ4n) is 2.99. The summed E-state index contributed by atoms with van der Waals surface area (Å²) < 4.78 is 5.96. The van der Waals surface area contributed by atoms with Crippen molar-refractivity contribution in [3.05, 3.63) is 47.5 Å². The van der Waals surface area contributed by atoms with E-state index in [0.717, 1.165) is 52.7 Å². The molecule has 3 aromatic rings. The van der Waals surface area contributed by atoms with Crippen molar-refractivity contribution in [2.45, 2.75) is 46.5 Å². The van der Waals surface area contributed by atoms with E-state index in [1.54, 1.807) is 0 Å². The average Bonchev–Trinajstić information content (AvgIpc) is 3.00. The number of hydrogen-bond donors (Lipinski definition) is 1. The lowest BCUT2D eigenvalue weighted by Gasteiger charge is -2.06. The van der Waals surface area contributed by atoms with Crippen LogP contribution >= 0.6 is 0 Å². The van der Waals surface area contributed by atoms with E-state index in [9.17, 15) is 4.79 Å². The molecule has 0 spiro atoms. The number of rotatable bonds is 6. The summed E-state index contributed by atoms with van der Waals surface area (Å²) in [5.74, 6) is 0.625. The molecule has 0 aliphatic rings. The number of benzene rings is 2. The number of nitrogens with zero attached hydrogens (tertiary/aromatic N) is 1. The Morgan fingerprint density at radius 1 is 1.16 bits per heavy atom. The van der Waals surface area contributed by atoms with Crippen LogP contribution in [0.25, 0.3) is 22.6 Å². The van der Waals surface area contributed by atoms with Crippen LogP contribution in [0.1, 0.15) is 43.7 Å². The number of anilines is 1. The number of unbranched alkanes of at least 4 members (excludes halogenated alkanes) is 2. The highest BCUT2D eigenvalue weighted by atomic mass is 16.3. The van der Waals surface area contributed by atoms with Crippen LogP contribution in [0.15, 0.2) is 40.8 Å². The zero-order valence-electron chi connectivity index (χ0n) is 15.1. The maximum atomic E-state index is 12.0. The van der Waals surface area contributed by atoms with Crippen molar-refractivity contribution >= 4 is 22.7 Å². The van der Waals surface area contributed by atoms with E-state index in [2.05, 4.69) is 30.2 Å². The molecule has 0 aliphatic carbocycles. The van der Waals surface area contributed by atoms with Gasteiger partial charge in [0, 0.05) is 17.7 Å². The van der Waals surface area contributed by atoms with E-state index in [4.69, 9.17) is 4.42 Å². The second kappa shape index (κ2) is 7.51. The quantitative estimate of drug-likeness (QED) is 0.593. The summed E-state index contributed by atoms with van der Waals surface area (Å²) in [5, 5.41) is 2.96. The third-order valence-corrected chi connectivity index (χ3v) is 4.22. The molecule has 0 radical (unpaired) electrons. The summed E-state index contributed by atoms with van der Waals surface area (Å²) in [7, 11) is 0. The van der Waals surface area contributed by atoms with E-state index in [1.807, 2.05) is 37.3 Å². The molecule has 0 aliphatic heterocycles. The molecule has 1 aromatic heterocycles. The molecule has 0 bridgehead atoms. The third kappa shape index (κ3) is 4.08. The molecule has 2 aromatic carbocycles. The minimum Gasteiger partial charge on any atom is -0.436 e. The lowest BCUT2D eigenvalue weighted by atomic mass is 10.1. The van der Waals surface area contributed by atoms with Crippen LogP contribution in [0, 0.1) is 13.8 Å². The van der Waals surface area contributed by atoms with Crippen molar-refractivity contribution in [2.75, 3.05) is 5.32 Å². The lowest BCUT2D eigenvalue weighted by molar-refractivity contribution is -0.116. The molecule has 4 heteroatoms. The number of carbonyl (C=O) groups is 1. The van der Waals surface area contributed by atoms with Gasteiger partial charge in [-0.3, -0.25) is 4.79 Å². The molecular formula is C21H24N2O2. The normalized spacial score (nSPS) is 11.0. The molecular weight excluding hydrogens is 312 g/mol. The molecule has 0 saturated heterocycles. The SMILES string of the molecule is CCCCCC(=O)Nc1cccc(-c2nc3cc(C)cc(C)c3o2)c1. The van der Waals surface area contributed by atoms with Gasteiger partial charge in [0.15, 0.2) is 5.58 Å². The second-order valence-electron chi connectivity index (χ2n) is 6.54. The fourth-order valence-corrected chi connectivity index (χ4v) is 2.99. The van der Waals surface area contributed by atoms with Gasteiger partial charge >= 0.3 is 0 Å². The largest absolute Gasteiger partial charge is 0.436 e. The maximum Gasteiger partial charge on any atom is 0.227 e. The number of aromatic nitrogens is 1. The summed E-state index contributed by atoms with van der Waals surface area (Å²) in [5.41, 5.74) is 5.55. The van der Waals surface area contributed by atoms with E-state index in [0.29, 0.717) is 12.3 Å². The van der Waals surface area contributed by atoms with E-state index in [-0.39, 0.29) is 5.91 Å². The standard InChI is InChI=1S/C21H24N2O2/c1-4-5-6-10-19(24)22-17-9-7-8-16(13-17)21-23-18-12-14(2)11-15(3)20(18)25-21/h7-9,11-13H,4-6,10H2,1-3H3,(H,22,24). The number of amides is 1. The van der Waals surface area contributed by atoms with Crippen molar-refractivity contribution in [1.82, 2.24) is 4.98 Å². The number of carbonyl (C=O) groups excluding carboxylic acids is 1. The number of oxazole rings is 1. The Morgan fingerprint density at radius 3 is 2.80 bits per heavy atom. The molecule has 0 atom stereocenters. The summed E-state index contributed by atoms with van der Waals surface area (Å²) in [6, 6.07) is 11.8. The van der Waals surface area contributed by atoms with Gasteiger partial charge in [-0.1, -0.05) is 31.9 Å². The van der Waals surface area contributed by atoms with Gasteiger partial charge in [0.25, 0.3) is 0 Å². The van der Waals surface area contributed by atoms with Crippen molar-refractivity contribution in [3.8, 4) is 11.5 Å². The van der Waals surface area contributed by atoms with Crippen LogP contribution < -0.4 is 5.32 Å². The van der Waals surface area contributed by atoms with E-state index >= 15 is 0 Å². The highest BCUT2D eigenvalue weighted by Gasteiger charge is 2.11. The van der Waals surface area contributed by atoms with Crippen molar-refractivity contribution in [2.24, 2.45) is 0 Å². The summed E-state index contributed by atoms with van der Waals surface area (Å²) in [6.07, 6.45) is 3.67. The first-order valence-electron chi connectivity index (χ1n) is 8.85. The van der Waals surface area contributed by atoms with Crippen LogP contribution in [0.5, 0.6) is 0 Å². The number of nitrogens with one attached hydrogen (secondary N) is 1. The minimum absolute atomic E-state index is 0.0506.